The van der Waals surface area contributed by atoms with Gasteiger partial charge >= 0.3 is 7.82 Å². The Balaban J connectivity index is 2.54. The van der Waals surface area contributed by atoms with Crippen LogP contribution in [-0.4, -0.2) is 24.1 Å². The molecular weight excluding hydrogens is 279 g/mol. The molecule has 5 atom stereocenters. The van der Waals surface area contributed by atoms with E-state index >= 15 is 0 Å². The van der Waals surface area contributed by atoms with Crippen LogP contribution in [0.15, 0.2) is 0 Å². The van der Waals surface area contributed by atoms with Crippen molar-refractivity contribution in [2.75, 3.05) is 13.2 Å². The molecule has 1 aliphatic rings. The third kappa shape index (κ3) is 5.90. The summed E-state index contributed by atoms with van der Waals surface area (Å²) >= 11 is 0. The lowest BCUT2D eigenvalue weighted by Crippen LogP contribution is -2.30. The van der Waals surface area contributed by atoms with Crippen molar-refractivity contribution < 1.29 is 18.5 Å². The minimum Gasteiger partial charge on any atom is -0.328 e. The minimum absolute atomic E-state index is 0.00322. The van der Waals surface area contributed by atoms with Crippen molar-refractivity contribution in [3.8, 4) is 6.07 Å². The van der Waals surface area contributed by atoms with E-state index in [1.165, 1.54) is 0 Å². The summed E-state index contributed by atoms with van der Waals surface area (Å²) in [5, 5.41) is 8.87. The maximum atomic E-state index is 11.8. The van der Waals surface area contributed by atoms with Crippen molar-refractivity contribution in [1.82, 2.24) is 0 Å². The van der Waals surface area contributed by atoms with Crippen molar-refractivity contribution in [3.05, 3.63) is 0 Å². The second-order valence-electron chi connectivity index (χ2n) is 5.66. The van der Waals surface area contributed by atoms with E-state index in [1.54, 1.807) is 0 Å². The highest BCUT2D eigenvalue weighted by molar-refractivity contribution is 7.47. The van der Waals surface area contributed by atoms with Crippen LogP contribution < -0.4 is 5.73 Å². The molecule has 0 aliphatic heterocycles. The molecule has 0 saturated heterocycles. The van der Waals surface area contributed by atoms with Gasteiger partial charge in [-0.3, -0.25) is 9.05 Å². The van der Waals surface area contributed by atoms with Crippen LogP contribution in [0.1, 0.15) is 39.5 Å². The van der Waals surface area contributed by atoms with Gasteiger partial charge in [-0.05, 0) is 44.4 Å². The second-order valence-corrected chi connectivity index (χ2v) is 7.06. The minimum atomic E-state index is -4.03. The van der Waals surface area contributed by atoms with Crippen LogP contribution in [0.4, 0.5) is 0 Å². The Morgan fingerprint density at radius 1 is 1.55 bits per heavy atom. The Kier molecular flexibility index (Phi) is 7.14. The van der Waals surface area contributed by atoms with Gasteiger partial charge in [0.05, 0.1) is 18.8 Å². The highest BCUT2D eigenvalue weighted by Crippen LogP contribution is 2.48. The fourth-order valence-electron chi connectivity index (χ4n) is 2.65. The largest absolute Gasteiger partial charge is 0.472 e. The molecular formula is C13H25N2O4P. The molecule has 0 bridgehead atoms. The van der Waals surface area contributed by atoms with Crippen LogP contribution in [0.2, 0.25) is 0 Å². The van der Waals surface area contributed by atoms with Crippen LogP contribution >= 0.6 is 7.82 Å². The highest BCUT2D eigenvalue weighted by Gasteiger charge is 2.35. The smallest absolute Gasteiger partial charge is 0.328 e. The standard InChI is InChI=1S/C13H25N2O4P/c1-10(9-15)7-12-4-3-11(2)13(8-12)19-20(16,17)18-6-5-14/h10-13H,3-8,14H2,1-2H3,(H,16,17). The molecule has 7 heteroatoms. The first-order valence-electron chi connectivity index (χ1n) is 7.13. The van der Waals surface area contributed by atoms with Gasteiger partial charge < -0.3 is 10.6 Å². The van der Waals surface area contributed by atoms with Gasteiger partial charge in [-0.2, -0.15) is 5.26 Å². The number of phosphoric acid groups is 1. The predicted octanol–water partition coefficient (Wildman–Crippen LogP) is 2.43. The molecule has 0 aromatic carbocycles. The molecule has 3 N–H and O–H groups in total. The summed E-state index contributed by atoms with van der Waals surface area (Å²) in [6.07, 6.45) is 3.18. The van der Waals surface area contributed by atoms with E-state index in [0.29, 0.717) is 12.3 Å². The van der Waals surface area contributed by atoms with Crippen LogP contribution in [0.25, 0.3) is 0 Å². The van der Waals surface area contributed by atoms with Gasteiger partial charge in [0.2, 0.25) is 0 Å². The zero-order chi connectivity index (χ0) is 15.2. The van der Waals surface area contributed by atoms with E-state index in [1.807, 2.05) is 13.8 Å². The van der Waals surface area contributed by atoms with Gasteiger partial charge in [0.15, 0.2) is 0 Å². The fourth-order valence-corrected chi connectivity index (χ4v) is 3.68. The van der Waals surface area contributed by atoms with Crippen molar-refractivity contribution >= 4 is 7.82 Å². The molecule has 0 heterocycles. The Morgan fingerprint density at radius 2 is 2.25 bits per heavy atom. The quantitative estimate of drug-likeness (QED) is 0.700. The summed E-state index contributed by atoms with van der Waals surface area (Å²) < 4.78 is 21.8. The normalized spacial score (nSPS) is 31.2. The third-order valence-electron chi connectivity index (χ3n) is 3.78. The zero-order valence-electron chi connectivity index (χ0n) is 12.2. The van der Waals surface area contributed by atoms with Crippen LogP contribution in [0.3, 0.4) is 0 Å². The Labute approximate surface area is 120 Å². The third-order valence-corrected chi connectivity index (χ3v) is 4.82. The van der Waals surface area contributed by atoms with Gasteiger partial charge in [-0.15, -0.1) is 0 Å². The molecule has 0 aromatic heterocycles. The summed E-state index contributed by atoms with van der Waals surface area (Å²) in [5.74, 6) is 0.578. The number of nitrogens with two attached hydrogens (primary N) is 1. The number of nitrogens with zero attached hydrogens (tertiary/aromatic N) is 1. The van der Waals surface area contributed by atoms with Gasteiger partial charge in [-0.1, -0.05) is 6.92 Å². The van der Waals surface area contributed by atoms with Crippen molar-refractivity contribution in [2.45, 2.75) is 45.6 Å². The van der Waals surface area contributed by atoms with E-state index in [-0.39, 0.29) is 31.1 Å². The molecule has 0 radical (unpaired) electrons. The molecule has 5 unspecified atom stereocenters. The maximum absolute atomic E-state index is 11.8. The zero-order valence-corrected chi connectivity index (χ0v) is 13.1. The summed E-state index contributed by atoms with van der Waals surface area (Å²) in [5.41, 5.74) is 5.24. The topological polar surface area (TPSA) is 106 Å². The van der Waals surface area contributed by atoms with Crippen LogP contribution in [0.5, 0.6) is 0 Å². The summed E-state index contributed by atoms with van der Waals surface area (Å²) in [6, 6.07) is 2.23. The fraction of sp³-hybridized carbons (Fsp3) is 0.923. The number of hydrogen-bond donors (Lipinski definition) is 2. The van der Waals surface area contributed by atoms with E-state index in [2.05, 4.69) is 6.07 Å². The average molecular weight is 304 g/mol. The Morgan fingerprint density at radius 3 is 2.85 bits per heavy atom. The molecule has 20 heavy (non-hydrogen) atoms. The van der Waals surface area contributed by atoms with Crippen molar-refractivity contribution in [3.63, 3.8) is 0 Å². The summed E-state index contributed by atoms with van der Waals surface area (Å²) in [6.45, 7) is 4.09. The van der Waals surface area contributed by atoms with Gasteiger partial charge in [-0.25, -0.2) is 4.57 Å². The van der Waals surface area contributed by atoms with Gasteiger partial charge in [0.1, 0.15) is 0 Å². The lowest BCUT2D eigenvalue weighted by molar-refractivity contribution is 0.0321. The maximum Gasteiger partial charge on any atom is 0.472 e. The van der Waals surface area contributed by atoms with Crippen molar-refractivity contribution in [1.29, 1.82) is 5.26 Å². The van der Waals surface area contributed by atoms with Crippen LogP contribution in [0, 0.1) is 29.1 Å². The van der Waals surface area contributed by atoms with E-state index < -0.39 is 7.82 Å². The number of hydrogen-bond acceptors (Lipinski definition) is 5. The monoisotopic (exact) mass is 304 g/mol. The van der Waals surface area contributed by atoms with Gasteiger partial charge in [0.25, 0.3) is 0 Å². The SMILES string of the molecule is CC(C#N)CC1CCC(C)C(OP(=O)(O)OCCN)C1. The molecule has 0 amide bonds. The Hall–Kier alpha value is -0.440. The van der Waals surface area contributed by atoms with E-state index in [0.717, 1.165) is 19.3 Å². The molecule has 0 aromatic rings. The first kappa shape index (κ1) is 17.6. The molecule has 1 aliphatic carbocycles. The summed E-state index contributed by atoms with van der Waals surface area (Å²) in [4.78, 5) is 9.63. The number of phosphoric ester groups is 1. The lowest BCUT2D eigenvalue weighted by Gasteiger charge is -2.35. The van der Waals surface area contributed by atoms with E-state index in [4.69, 9.17) is 20.0 Å². The Bertz CT molecular complexity index is 385. The van der Waals surface area contributed by atoms with Crippen LogP contribution in [-0.2, 0) is 13.6 Å². The second kappa shape index (κ2) is 8.11. The molecule has 1 fully saturated rings. The lowest BCUT2D eigenvalue weighted by atomic mass is 9.77. The summed E-state index contributed by atoms with van der Waals surface area (Å²) in [7, 11) is -4.03. The van der Waals surface area contributed by atoms with Gasteiger partial charge in [0, 0.05) is 12.5 Å². The molecule has 116 valence electrons. The first-order valence-corrected chi connectivity index (χ1v) is 8.63. The molecule has 1 rings (SSSR count). The molecule has 0 spiro atoms. The number of rotatable bonds is 7. The highest BCUT2D eigenvalue weighted by atomic mass is 31.2. The molecule has 6 nitrogen and oxygen atoms in total. The predicted molar refractivity (Wildman–Crippen MR) is 75.6 cm³/mol. The average Bonchev–Trinajstić information content (AvgIpc) is 2.40. The van der Waals surface area contributed by atoms with E-state index in [9.17, 15) is 9.46 Å². The van der Waals surface area contributed by atoms with Crippen molar-refractivity contribution in [2.24, 2.45) is 23.5 Å². The molecule has 1 saturated carbocycles. The number of nitriles is 1. The first-order chi connectivity index (χ1) is 9.38.